The third-order valence-electron chi connectivity index (χ3n) is 5.22. The molecule has 1 atom stereocenters. The summed E-state index contributed by atoms with van der Waals surface area (Å²) < 4.78 is 10.5. The number of para-hydroxylation sites is 2. The van der Waals surface area contributed by atoms with E-state index >= 15 is 0 Å². The summed E-state index contributed by atoms with van der Waals surface area (Å²) in [6.07, 6.45) is -0.830. The number of hydrogen-bond donors (Lipinski definition) is 0. The van der Waals surface area contributed by atoms with Crippen LogP contribution in [0.4, 0.5) is 5.69 Å². The fourth-order valence-corrected chi connectivity index (χ4v) is 3.52. The highest BCUT2D eigenvalue weighted by atomic mass is 16.6. The predicted molar refractivity (Wildman–Crippen MR) is 117 cm³/mol. The molecular formula is C24H30N2O4. The topological polar surface area (TPSA) is 59.1 Å². The molecule has 0 unspecified atom stereocenters. The molecule has 0 saturated carbocycles. The lowest BCUT2D eigenvalue weighted by atomic mass is 9.87. The third-order valence-corrected chi connectivity index (χ3v) is 5.22. The molecule has 3 rings (SSSR count). The maximum absolute atomic E-state index is 13.1. The molecule has 0 aliphatic carbocycles. The highest BCUT2D eigenvalue weighted by molar-refractivity contribution is 5.98. The van der Waals surface area contributed by atoms with Crippen LogP contribution >= 0.6 is 0 Å². The van der Waals surface area contributed by atoms with Gasteiger partial charge in [-0.25, -0.2) is 4.79 Å². The number of benzene rings is 2. The molecule has 1 aliphatic heterocycles. The first kappa shape index (κ1) is 21.8. The van der Waals surface area contributed by atoms with E-state index in [2.05, 4.69) is 45.0 Å². The van der Waals surface area contributed by atoms with Crippen LogP contribution in [0.1, 0.15) is 31.9 Å². The van der Waals surface area contributed by atoms with Gasteiger partial charge in [0.25, 0.3) is 0 Å². The third kappa shape index (κ3) is 5.00. The van der Waals surface area contributed by atoms with E-state index < -0.39 is 12.1 Å². The van der Waals surface area contributed by atoms with E-state index in [1.165, 1.54) is 12.7 Å². The number of carbonyl (C=O) groups is 2. The Morgan fingerprint density at radius 1 is 1.13 bits per heavy atom. The zero-order chi connectivity index (χ0) is 21.9. The number of fused-ring (bicyclic) bond motifs is 1. The Morgan fingerprint density at radius 2 is 1.80 bits per heavy atom. The Morgan fingerprint density at radius 3 is 2.43 bits per heavy atom. The lowest BCUT2D eigenvalue weighted by Gasteiger charge is -2.34. The lowest BCUT2D eigenvalue weighted by Crippen LogP contribution is -2.49. The van der Waals surface area contributed by atoms with Gasteiger partial charge >= 0.3 is 5.97 Å². The zero-order valence-corrected chi connectivity index (χ0v) is 18.3. The Kier molecular flexibility index (Phi) is 6.46. The molecule has 0 bridgehead atoms. The second kappa shape index (κ2) is 8.88. The first-order valence-corrected chi connectivity index (χ1v) is 10.1. The van der Waals surface area contributed by atoms with Crippen molar-refractivity contribution in [1.82, 2.24) is 4.90 Å². The smallest absolute Gasteiger partial charge is 0.348 e. The molecule has 6 nitrogen and oxygen atoms in total. The summed E-state index contributed by atoms with van der Waals surface area (Å²) in [5.41, 5.74) is 3.21. The van der Waals surface area contributed by atoms with E-state index in [0.717, 1.165) is 5.56 Å². The molecule has 0 spiro atoms. The first-order valence-electron chi connectivity index (χ1n) is 10.1. The van der Waals surface area contributed by atoms with Crippen LogP contribution in [0.5, 0.6) is 5.75 Å². The Labute approximate surface area is 178 Å². The molecule has 0 aromatic heterocycles. The predicted octanol–water partition coefficient (Wildman–Crippen LogP) is 3.38. The fraction of sp³-hybridized carbons (Fsp3) is 0.417. The molecule has 1 heterocycles. The minimum atomic E-state index is -0.830. The molecule has 1 aliphatic rings. The van der Waals surface area contributed by atoms with E-state index in [1.807, 2.05) is 30.1 Å². The number of ether oxygens (including phenoxy) is 2. The number of amides is 1. The molecular weight excluding hydrogens is 380 g/mol. The van der Waals surface area contributed by atoms with Crippen molar-refractivity contribution in [1.29, 1.82) is 0 Å². The number of nitrogens with zero attached hydrogens (tertiary/aromatic N) is 2. The van der Waals surface area contributed by atoms with Gasteiger partial charge in [0.2, 0.25) is 12.0 Å². The molecule has 0 saturated heterocycles. The van der Waals surface area contributed by atoms with Crippen molar-refractivity contribution in [2.45, 2.75) is 38.8 Å². The van der Waals surface area contributed by atoms with E-state index in [4.69, 9.17) is 9.47 Å². The van der Waals surface area contributed by atoms with Crippen LogP contribution in [0.25, 0.3) is 0 Å². The summed E-state index contributed by atoms with van der Waals surface area (Å²) >= 11 is 0. The number of carbonyl (C=O) groups excluding carboxylic acids is 2. The summed E-state index contributed by atoms with van der Waals surface area (Å²) in [6.45, 7) is 7.58. The normalized spacial score (nSPS) is 16.1. The van der Waals surface area contributed by atoms with Gasteiger partial charge in [-0.3, -0.25) is 9.69 Å². The molecule has 2 aromatic rings. The van der Waals surface area contributed by atoms with Gasteiger partial charge in [-0.2, -0.15) is 0 Å². The van der Waals surface area contributed by atoms with E-state index in [1.54, 1.807) is 11.0 Å². The van der Waals surface area contributed by atoms with E-state index in [9.17, 15) is 9.59 Å². The van der Waals surface area contributed by atoms with Gasteiger partial charge in [0, 0.05) is 6.54 Å². The highest BCUT2D eigenvalue weighted by Gasteiger charge is 2.34. The highest BCUT2D eigenvalue weighted by Crippen LogP contribution is 2.33. The van der Waals surface area contributed by atoms with Crippen LogP contribution in [0.3, 0.4) is 0 Å². The van der Waals surface area contributed by atoms with E-state index in [-0.39, 0.29) is 24.4 Å². The van der Waals surface area contributed by atoms with Crippen molar-refractivity contribution in [3.05, 3.63) is 59.7 Å². The quantitative estimate of drug-likeness (QED) is 0.708. The molecule has 0 fully saturated rings. The minimum Gasteiger partial charge on any atom is -0.475 e. The van der Waals surface area contributed by atoms with Crippen LogP contribution < -0.4 is 9.64 Å². The lowest BCUT2D eigenvalue weighted by molar-refractivity contribution is -0.148. The number of esters is 1. The van der Waals surface area contributed by atoms with Crippen molar-refractivity contribution in [3.63, 3.8) is 0 Å². The van der Waals surface area contributed by atoms with Gasteiger partial charge in [-0.15, -0.1) is 0 Å². The number of hydrogen-bond acceptors (Lipinski definition) is 5. The number of anilines is 1. The average Bonchev–Trinajstić information content (AvgIpc) is 2.71. The number of rotatable bonds is 5. The van der Waals surface area contributed by atoms with Gasteiger partial charge in [0.1, 0.15) is 5.75 Å². The summed E-state index contributed by atoms with van der Waals surface area (Å²) in [5.74, 6) is -0.0732. The monoisotopic (exact) mass is 410 g/mol. The second-order valence-electron chi connectivity index (χ2n) is 8.72. The summed E-state index contributed by atoms with van der Waals surface area (Å²) in [4.78, 5) is 28.7. The molecule has 2 aromatic carbocycles. The maximum Gasteiger partial charge on any atom is 0.348 e. The number of methoxy groups -OCH3 is 1. The second-order valence-corrected chi connectivity index (χ2v) is 8.72. The molecule has 1 amide bonds. The molecule has 6 heteroatoms. The fourth-order valence-electron chi connectivity index (χ4n) is 3.52. The molecule has 0 N–H and O–H groups in total. The Hall–Kier alpha value is -2.86. The van der Waals surface area contributed by atoms with E-state index in [0.29, 0.717) is 18.0 Å². The molecule has 160 valence electrons. The Balaban J connectivity index is 1.69. The summed E-state index contributed by atoms with van der Waals surface area (Å²) in [5, 5.41) is 0. The average molecular weight is 411 g/mol. The van der Waals surface area contributed by atoms with Gasteiger partial charge in [0.15, 0.2) is 0 Å². The van der Waals surface area contributed by atoms with Crippen molar-refractivity contribution >= 4 is 17.6 Å². The van der Waals surface area contributed by atoms with Crippen molar-refractivity contribution in [2.24, 2.45) is 0 Å². The van der Waals surface area contributed by atoms with Gasteiger partial charge in [-0.1, -0.05) is 57.2 Å². The van der Waals surface area contributed by atoms with Gasteiger partial charge in [0.05, 0.1) is 25.9 Å². The zero-order valence-electron chi connectivity index (χ0n) is 18.3. The Bertz CT molecular complexity index is 902. The number of likely N-dealkylation sites (N-methyl/N-ethyl adjacent to an activating group) is 1. The first-order chi connectivity index (χ1) is 14.2. The van der Waals surface area contributed by atoms with Crippen LogP contribution in [-0.4, -0.2) is 50.1 Å². The van der Waals surface area contributed by atoms with Crippen LogP contribution in [0, 0.1) is 0 Å². The standard InChI is InChI=1S/C24H30N2O4/c1-24(2,3)18-12-10-17(11-13-18)14-25(4)16-22(27)26-15-21(23(28)29-5)30-20-9-7-6-8-19(20)26/h6-13,21H,14-16H2,1-5H3/t21-/m1/s1. The van der Waals surface area contributed by atoms with Crippen molar-refractivity contribution < 1.29 is 19.1 Å². The van der Waals surface area contributed by atoms with Gasteiger partial charge in [-0.05, 0) is 35.7 Å². The summed E-state index contributed by atoms with van der Waals surface area (Å²) in [7, 11) is 3.23. The SMILES string of the molecule is COC(=O)[C@H]1CN(C(=O)CN(C)Cc2ccc(C(C)(C)C)cc2)c2ccccc2O1. The van der Waals surface area contributed by atoms with Crippen molar-refractivity contribution in [3.8, 4) is 5.75 Å². The maximum atomic E-state index is 13.1. The van der Waals surface area contributed by atoms with Crippen LogP contribution in [-0.2, 0) is 26.3 Å². The van der Waals surface area contributed by atoms with Crippen molar-refractivity contribution in [2.75, 3.05) is 32.1 Å². The van der Waals surface area contributed by atoms with Crippen LogP contribution in [0.15, 0.2) is 48.5 Å². The largest absolute Gasteiger partial charge is 0.475 e. The molecule has 30 heavy (non-hydrogen) atoms. The van der Waals surface area contributed by atoms with Crippen LogP contribution in [0.2, 0.25) is 0 Å². The van der Waals surface area contributed by atoms with Gasteiger partial charge < -0.3 is 14.4 Å². The minimum absolute atomic E-state index is 0.0894. The summed E-state index contributed by atoms with van der Waals surface area (Å²) in [6, 6.07) is 15.7. The molecule has 0 radical (unpaired) electrons.